The summed E-state index contributed by atoms with van der Waals surface area (Å²) in [4.78, 5) is 24.2. The molecule has 3 aromatic rings. The first-order valence-corrected chi connectivity index (χ1v) is 9.91. The van der Waals surface area contributed by atoms with Gasteiger partial charge in [0.05, 0.1) is 12.3 Å². The number of thioether (sulfide) groups is 1. The summed E-state index contributed by atoms with van der Waals surface area (Å²) < 4.78 is 19.7. The normalized spacial score (nSPS) is 10.5. The number of nitrogens with zero attached hydrogens (tertiary/aromatic N) is 4. The molecule has 0 aliphatic rings. The van der Waals surface area contributed by atoms with Gasteiger partial charge in [-0.3, -0.25) is 9.59 Å². The summed E-state index contributed by atoms with van der Waals surface area (Å²) >= 11 is 1.22. The third kappa shape index (κ3) is 6.27. The van der Waals surface area contributed by atoms with E-state index in [2.05, 4.69) is 26.2 Å². The van der Waals surface area contributed by atoms with E-state index in [1.165, 1.54) is 40.7 Å². The summed E-state index contributed by atoms with van der Waals surface area (Å²) in [5.74, 6) is -0.125. The summed E-state index contributed by atoms with van der Waals surface area (Å²) in [6.07, 6.45) is 0. The van der Waals surface area contributed by atoms with E-state index in [0.717, 1.165) is 0 Å². The molecule has 0 aliphatic carbocycles. The van der Waals surface area contributed by atoms with Crippen molar-refractivity contribution in [3.8, 4) is 5.75 Å². The Balaban J connectivity index is 1.39. The van der Waals surface area contributed by atoms with E-state index in [1.54, 1.807) is 31.3 Å². The highest BCUT2D eigenvalue weighted by Gasteiger charge is 2.09. The number of halogens is 1. The molecule has 0 spiro atoms. The maximum absolute atomic E-state index is 12.8. The Hall–Kier alpha value is -3.47. The molecule has 0 aliphatic heterocycles. The first-order valence-electron chi connectivity index (χ1n) is 8.93. The number of hydrogen-bond acceptors (Lipinski definition) is 7. The molecule has 0 radical (unpaired) electrons. The number of ether oxygens (including phenoxy) is 1. The van der Waals surface area contributed by atoms with Crippen molar-refractivity contribution < 1.29 is 18.7 Å². The molecule has 1 heterocycles. The maximum Gasteiger partial charge on any atom is 0.251 e. The number of hydrogen-bond donors (Lipinski definition) is 2. The average Bonchev–Trinajstić information content (AvgIpc) is 3.16. The van der Waals surface area contributed by atoms with Gasteiger partial charge in [0, 0.05) is 18.3 Å². The van der Waals surface area contributed by atoms with Gasteiger partial charge in [-0.25, -0.2) is 9.07 Å². The number of carbonyl (C=O) groups is 2. The second-order valence-corrected chi connectivity index (χ2v) is 7.00. The van der Waals surface area contributed by atoms with Crippen LogP contribution in [0.25, 0.3) is 0 Å². The van der Waals surface area contributed by atoms with Crippen molar-refractivity contribution >= 4 is 29.3 Å². The molecule has 30 heavy (non-hydrogen) atoms. The van der Waals surface area contributed by atoms with Gasteiger partial charge in [-0.1, -0.05) is 11.8 Å². The molecule has 0 saturated carbocycles. The fourth-order valence-corrected chi connectivity index (χ4v) is 2.99. The lowest BCUT2D eigenvalue weighted by Crippen LogP contribution is -2.28. The first kappa shape index (κ1) is 21.2. The summed E-state index contributed by atoms with van der Waals surface area (Å²) in [6.45, 7) is 0.549. The van der Waals surface area contributed by atoms with Crippen molar-refractivity contribution in [2.24, 2.45) is 7.05 Å². The molecule has 1 aromatic heterocycles. The molecule has 156 valence electrons. The highest BCUT2D eigenvalue weighted by Crippen LogP contribution is 2.14. The van der Waals surface area contributed by atoms with E-state index in [1.807, 2.05) is 0 Å². The summed E-state index contributed by atoms with van der Waals surface area (Å²) in [6, 6.07) is 12.2. The fraction of sp³-hybridized carbons (Fsp3) is 0.211. The molecule has 0 fully saturated rings. The van der Waals surface area contributed by atoms with Crippen LogP contribution in [0, 0.1) is 5.82 Å². The van der Waals surface area contributed by atoms with Crippen LogP contribution in [0.2, 0.25) is 0 Å². The zero-order valence-electron chi connectivity index (χ0n) is 16.0. The monoisotopic (exact) mass is 430 g/mol. The molecular formula is C19H19FN6O3S. The lowest BCUT2D eigenvalue weighted by molar-refractivity contribution is -0.113. The van der Waals surface area contributed by atoms with Crippen LogP contribution in [0.5, 0.6) is 5.75 Å². The number of benzene rings is 2. The number of nitrogens with one attached hydrogen (secondary N) is 2. The number of rotatable bonds is 9. The van der Waals surface area contributed by atoms with Gasteiger partial charge in [0.1, 0.15) is 18.2 Å². The van der Waals surface area contributed by atoms with Crippen molar-refractivity contribution in [1.29, 1.82) is 0 Å². The third-order valence-corrected chi connectivity index (χ3v) is 4.83. The van der Waals surface area contributed by atoms with Crippen molar-refractivity contribution in [3.63, 3.8) is 0 Å². The minimum absolute atomic E-state index is 0.157. The Bertz CT molecular complexity index is 994. The van der Waals surface area contributed by atoms with Crippen LogP contribution in [-0.4, -0.2) is 50.9 Å². The van der Waals surface area contributed by atoms with Crippen molar-refractivity contribution in [1.82, 2.24) is 25.5 Å². The van der Waals surface area contributed by atoms with Gasteiger partial charge in [0.15, 0.2) is 0 Å². The van der Waals surface area contributed by atoms with Crippen LogP contribution >= 0.6 is 11.8 Å². The molecule has 0 bridgehead atoms. The van der Waals surface area contributed by atoms with Gasteiger partial charge >= 0.3 is 0 Å². The smallest absolute Gasteiger partial charge is 0.251 e. The largest absolute Gasteiger partial charge is 0.492 e. The van der Waals surface area contributed by atoms with Crippen molar-refractivity contribution in [2.75, 3.05) is 24.2 Å². The van der Waals surface area contributed by atoms with E-state index in [4.69, 9.17) is 4.74 Å². The van der Waals surface area contributed by atoms with Crippen LogP contribution in [0.3, 0.4) is 0 Å². The lowest BCUT2D eigenvalue weighted by Gasteiger charge is -2.09. The van der Waals surface area contributed by atoms with Crippen LogP contribution < -0.4 is 15.4 Å². The number of aryl methyl sites for hydroxylation is 1. The van der Waals surface area contributed by atoms with Crippen LogP contribution in [0.4, 0.5) is 10.1 Å². The van der Waals surface area contributed by atoms with E-state index >= 15 is 0 Å². The SMILES string of the molecule is Cn1nnnc1SCC(=O)Nc1ccc(C(=O)NCCOc2ccc(F)cc2)cc1. The number of amides is 2. The number of tetrazole rings is 1. The zero-order chi connectivity index (χ0) is 21.3. The van der Waals surface area contributed by atoms with Gasteiger partial charge in [0.2, 0.25) is 11.1 Å². The lowest BCUT2D eigenvalue weighted by atomic mass is 10.2. The van der Waals surface area contributed by atoms with E-state index in [-0.39, 0.29) is 30.0 Å². The quantitative estimate of drug-likeness (QED) is 0.394. The van der Waals surface area contributed by atoms with Crippen molar-refractivity contribution in [2.45, 2.75) is 5.16 Å². The second kappa shape index (κ2) is 10.3. The fourth-order valence-electron chi connectivity index (χ4n) is 2.34. The Morgan fingerprint density at radius 1 is 1.13 bits per heavy atom. The molecule has 9 nitrogen and oxygen atoms in total. The maximum atomic E-state index is 12.8. The molecule has 0 atom stereocenters. The molecule has 2 amide bonds. The molecule has 11 heteroatoms. The van der Waals surface area contributed by atoms with Gasteiger partial charge in [-0.15, -0.1) is 5.10 Å². The summed E-state index contributed by atoms with van der Waals surface area (Å²) in [7, 11) is 1.69. The highest BCUT2D eigenvalue weighted by molar-refractivity contribution is 7.99. The standard InChI is InChI=1S/C19H19FN6O3S/c1-26-19(23-24-25-26)30-12-17(27)22-15-6-2-13(3-7-15)18(28)21-10-11-29-16-8-4-14(20)5-9-16/h2-9H,10-12H2,1H3,(H,21,28)(H,22,27). The predicted octanol–water partition coefficient (Wildman–Crippen LogP) is 1.89. The van der Waals surface area contributed by atoms with Crippen LogP contribution in [0.1, 0.15) is 10.4 Å². The molecule has 2 N–H and O–H groups in total. The first-order chi connectivity index (χ1) is 14.5. The molecule has 3 rings (SSSR count). The number of anilines is 1. The highest BCUT2D eigenvalue weighted by atomic mass is 32.2. The Morgan fingerprint density at radius 2 is 1.87 bits per heavy atom. The number of aromatic nitrogens is 4. The zero-order valence-corrected chi connectivity index (χ0v) is 16.9. The van der Waals surface area contributed by atoms with Gasteiger partial charge in [0.25, 0.3) is 5.91 Å². The van der Waals surface area contributed by atoms with E-state index < -0.39 is 0 Å². The van der Waals surface area contributed by atoms with Crippen LogP contribution in [-0.2, 0) is 11.8 Å². The topological polar surface area (TPSA) is 111 Å². The van der Waals surface area contributed by atoms with Crippen LogP contribution in [0.15, 0.2) is 53.7 Å². The molecule has 0 saturated heterocycles. The van der Waals surface area contributed by atoms with Crippen molar-refractivity contribution in [3.05, 3.63) is 59.9 Å². The molecule has 2 aromatic carbocycles. The average molecular weight is 430 g/mol. The predicted molar refractivity (Wildman–Crippen MR) is 109 cm³/mol. The second-order valence-electron chi connectivity index (χ2n) is 6.06. The molecular weight excluding hydrogens is 411 g/mol. The van der Waals surface area contributed by atoms with E-state index in [0.29, 0.717) is 28.7 Å². The Kier molecular flexibility index (Phi) is 7.33. The van der Waals surface area contributed by atoms with Gasteiger partial charge in [-0.2, -0.15) is 0 Å². The third-order valence-electron chi connectivity index (χ3n) is 3.81. The minimum Gasteiger partial charge on any atom is -0.492 e. The Labute approximate surface area is 176 Å². The molecule has 0 unspecified atom stereocenters. The minimum atomic E-state index is -0.336. The summed E-state index contributed by atoms with van der Waals surface area (Å²) in [5, 5.41) is 17.0. The summed E-state index contributed by atoms with van der Waals surface area (Å²) in [5.41, 5.74) is 1.03. The van der Waals surface area contributed by atoms with E-state index in [9.17, 15) is 14.0 Å². The number of carbonyl (C=O) groups excluding carboxylic acids is 2. The van der Waals surface area contributed by atoms with Gasteiger partial charge in [-0.05, 0) is 59.0 Å². The van der Waals surface area contributed by atoms with Gasteiger partial charge < -0.3 is 15.4 Å². The Morgan fingerprint density at radius 3 is 2.53 bits per heavy atom.